The molecule has 1 rings (SSSR count). The van der Waals surface area contributed by atoms with Crippen molar-refractivity contribution in [1.82, 2.24) is 4.31 Å². The minimum absolute atomic E-state index is 0.0769. The van der Waals surface area contributed by atoms with Crippen LogP contribution in [0.4, 0.5) is 13.2 Å². The van der Waals surface area contributed by atoms with E-state index in [9.17, 15) is 21.6 Å². The Labute approximate surface area is 119 Å². The molecule has 0 aliphatic carbocycles. The minimum Gasteiger partial charge on any atom is -0.212 e. The lowest BCUT2D eigenvalue weighted by Crippen LogP contribution is -2.28. The van der Waals surface area contributed by atoms with Crippen molar-refractivity contribution in [1.29, 1.82) is 5.26 Å². The molecule has 0 spiro atoms. The van der Waals surface area contributed by atoms with Gasteiger partial charge in [-0.1, -0.05) is 11.6 Å². The number of sulfonamides is 1. The summed E-state index contributed by atoms with van der Waals surface area (Å²) in [6, 6.07) is 4.11. The van der Waals surface area contributed by atoms with E-state index in [0.717, 1.165) is 16.4 Å². The molecule has 0 aliphatic rings. The highest BCUT2D eigenvalue weighted by molar-refractivity contribution is 7.88. The van der Waals surface area contributed by atoms with E-state index in [-0.39, 0.29) is 17.1 Å². The normalized spacial score (nSPS) is 12.4. The summed E-state index contributed by atoms with van der Waals surface area (Å²) in [6.07, 6.45) is -4.58. The van der Waals surface area contributed by atoms with Crippen LogP contribution in [0.1, 0.15) is 11.1 Å². The maximum Gasteiger partial charge on any atom is 0.416 e. The van der Waals surface area contributed by atoms with Gasteiger partial charge in [0.05, 0.1) is 17.4 Å². The van der Waals surface area contributed by atoms with Crippen molar-refractivity contribution in [3.05, 3.63) is 34.3 Å². The van der Waals surface area contributed by atoms with Crippen LogP contribution in [0.5, 0.6) is 0 Å². The highest BCUT2D eigenvalue weighted by atomic mass is 35.5. The Bertz CT molecular complexity index is 638. The van der Waals surface area contributed by atoms with E-state index >= 15 is 0 Å². The number of nitrogens with zero attached hydrogens (tertiary/aromatic N) is 2. The second-order valence-corrected chi connectivity index (χ2v) is 6.46. The standard InChI is InChI=1S/C11H10ClF3N2O2S/c1-17(5-4-16)20(18,19)7-8-6-9(11(13,14)15)2-3-10(8)12/h2-3,6H,5,7H2,1H3. The molecule has 20 heavy (non-hydrogen) atoms. The summed E-state index contributed by atoms with van der Waals surface area (Å²) in [4.78, 5) is 0. The lowest BCUT2D eigenvalue weighted by molar-refractivity contribution is -0.137. The molecule has 0 N–H and O–H groups in total. The number of alkyl halides is 3. The van der Waals surface area contributed by atoms with Gasteiger partial charge in [0, 0.05) is 12.1 Å². The second-order valence-electron chi connectivity index (χ2n) is 3.97. The van der Waals surface area contributed by atoms with Crippen molar-refractivity contribution in [3.63, 3.8) is 0 Å². The summed E-state index contributed by atoms with van der Waals surface area (Å²) in [5.41, 5.74) is -1.14. The lowest BCUT2D eigenvalue weighted by atomic mass is 10.1. The molecule has 0 heterocycles. The zero-order valence-corrected chi connectivity index (χ0v) is 11.8. The molecule has 0 bridgehead atoms. The Balaban J connectivity index is 3.13. The molecule has 0 unspecified atom stereocenters. The van der Waals surface area contributed by atoms with Crippen LogP contribution in [-0.2, 0) is 22.0 Å². The molecule has 9 heteroatoms. The van der Waals surface area contributed by atoms with E-state index in [1.165, 1.54) is 7.05 Å². The van der Waals surface area contributed by atoms with Crippen LogP contribution in [0, 0.1) is 11.3 Å². The number of benzene rings is 1. The lowest BCUT2D eigenvalue weighted by Gasteiger charge is -2.15. The van der Waals surface area contributed by atoms with Crippen LogP contribution in [0.25, 0.3) is 0 Å². The van der Waals surface area contributed by atoms with Crippen molar-refractivity contribution in [2.75, 3.05) is 13.6 Å². The van der Waals surface area contributed by atoms with Gasteiger partial charge in [0.1, 0.15) is 6.54 Å². The Morgan fingerprint density at radius 2 is 2.00 bits per heavy atom. The second kappa shape index (κ2) is 5.99. The number of hydrogen-bond acceptors (Lipinski definition) is 3. The number of halogens is 4. The third-order valence-corrected chi connectivity index (χ3v) is 4.60. The van der Waals surface area contributed by atoms with E-state index in [0.29, 0.717) is 6.07 Å². The van der Waals surface area contributed by atoms with Gasteiger partial charge < -0.3 is 0 Å². The SMILES string of the molecule is CN(CC#N)S(=O)(=O)Cc1cc(C(F)(F)F)ccc1Cl. The maximum absolute atomic E-state index is 12.6. The molecule has 1 aromatic carbocycles. The Morgan fingerprint density at radius 3 is 2.50 bits per heavy atom. The topological polar surface area (TPSA) is 61.2 Å². The molecular formula is C11H10ClF3N2O2S. The van der Waals surface area contributed by atoms with Crippen molar-refractivity contribution in [2.45, 2.75) is 11.9 Å². The van der Waals surface area contributed by atoms with Crippen molar-refractivity contribution >= 4 is 21.6 Å². The van der Waals surface area contributed by atoms with E-state index in [4.69, 9.17) is 16.9 Å². The molecule has 0 aromatic heterocycles. The van der Waals surface area contributed by atoms with Crippen LogP contribution in [-0.4, -0.2) is 26.3 Å². The molecule has 4 nitrogen and oxygen atoms in total. The Hall–Kier alpha value is -1.30. The third kappa shape index (κ3) is 4.10. The first-order valence-electron chi connectivity index (χ1n) is 5.24. The molecule has 0 radical (unpaired) electrons. The van der Waals surface area contributed by atoms with Crippen molar-refractivity contribution in [3.8, 4) is 6.07 Å². The van der Waals surface area contributed by atoms with Gasteiger partial charge >= 0.3 is 6.18 Å². The average Bonchev–Trinajstić information content (AvgIpc) is 2.30. The Morgan fingerprint density at radius 1 is 1.40 bits per heavy atom. The molecule has 1 aromatic rings. The first-order valence-corrected chi connectivity index (χ1v) is 7.23. The highest BCUT2D eigenvalue weighted by Crippen LogP contribution is 2.32. The summed E-state index contributed by atoms with van der Waals surface area (Å²) in [5.74, 6) is -0.700. The molecule has 0 saturated heterocycles. The first-order chi connectivity index (χ1) is 9.08. The quantitative estimate of drug-likeness (QED) is 0.799. The predicted octanol–water partition coefficient (Wildman–Crippen LogP) is 2.64. The zero-order valence-electron chi connectivity index (χ0n) is 10.3. The van der Waals surface area contributed by atoms with E-state index in [1.54, 1.807) is 6.07 Å². The minimum atomic E-state index is -4.58. The van der Waals surface area contributed by atoms with Crippen LogP contribution in [0.3, 0.4) is 0 Å². The smallest absolute Gasteiger partial charge is 0.212 e. The maximum atomic E-state index is 12.6. The summed E-state index contributed by atoms with van der Waals surface area (Å²) in [5, 5.41) is 8.36. The fourth-order valence-corrected chi connectivity index (χ4v) is 2.74. The number of hydrogen-bond donors (Lipinski definition) is 0. The fourth-order valence-electron chi connectivity index (χ4n) is 1.37. The molecular weight excluding hydrogens is 317 g/mol. The van der Waals surface area contributed by atoms with Crippen LogP contribution >= 0.6 is 11.6 Å². The van der Waals surface area contributed by atoms with Gasteiger partial charge in [-0.15, -0.1) is 0 Å². The highest BCUT2D eigenvalue weighted by Gasteiger charge is 2.31. The van der Waals surface area contributed by atoms with Gasteiger partial charge in [-0.05, 0) is 23.8 Å². The summed E-state index contributed by atoms with van der Waals surface area (Å²) in [6.45, 7) is -0.390. The summed E-state index contributed by atoms with van der Waals surface area (Å²) in [7, 11) is -2.73. The van der Waals surface area contributed by atoms with Gasteiger partial charge in [0.15, 0.2) is 0 Å². The zero-order chi connectivity index (χ0) is 15.6. The molecule has 0 aliphatic heterocycles. The van der Waals surface area contributed by atoms with E-state index in [1.807, 2.05) is 0 Å². The van der Waals surface area contributed by atoms with Gasteiger partial charge in [0.2, 0.25) is 10.0 Å². The van der Waals surface area contributed by atoms with Crippen LogP contribution in [0.15, 0.2) is 18.2 Å². The van der Waals surface area contributed by atoms with Gasteiger partial charge in [-0.25, -0.2) is 8.42 Å². The number of nitriles is 1. The van der Waals surface area contributed by atoms with E-state index in [2.05, 4.69) is 0 Å². The van der Waals surface area contributed by atoms with Crippen LogP contribution < -0.4 is 0 Å². The van der Waals surface area contributed by atoms with Crippen molar-refractivity contribution in [2.24, 2.45) is 0 Å². The van der Waals surface area contributed by atoms with Gasteiger partial charge in [0.25, 0.3) is 0 Å². The fraction of sp³-hybridized carbons (Fsp3) is 0.364. The van der Waals surface area contributed by atoms with Crippen molar-refractivity contribution < 1.29 is 21.6 Å². The summed E-state index contributed by atoms with van der Waals surface area (Å²) < 4.78 is 62.1. The number of rotatable bonds is 4. The van der Waals surface area contributed by atoms with Crippen LogP contribution in [0.2, 0.25) is 5.02 Å². The third-order valence-electron chi connectivity index (χ3n) is 2.48. The monoisotopic (exact) mass is 326 g/mol. The molecule has 0 atom stereocenters. The molecule has 110 valence electrons. The average molecular weight is 327 g/mol. The first kappa shape index (κ1) is 16.8. The molecule has 0 fully saturated rings. The van der Waals surface area contributed by atoms with Gasteiger partial charge in [-0.2, -0.15) is 22.7 Å². The largest absolute Gasteiger partial charge is 0.416 e. The molecule has 0 amide bonds. The molecule has 0 saturated carbocycles. The summed E-state index contributed by atoms with van der Waals surface area (Å²) >= 11 is 5.72. The predicted molar refractivity (Wildman–Crippen MR) is 67.3 cm³/mol. The van der Waals surface area contributed by atoms with E-state index < -0.39 is 27.5 Å². The Kier molecular flexibility index (Phi) is 5.02. The van der Waals surface area contributed by atoms with Gasteiger partial charge in [-0.3, -0.25) is 0 Å².